The molecule has 0 aliphatic heterocycles. The molecule has 2 atom stereocenters. The van der Waals surface area contributed by atoms with Crippen LogP contribution in [-0.4, -0.2) is 34.9 Å². The summed E-state index contributed by atoms with van der Waals surface area (Å²) in [7, 11) is 0. The molecule has 0 aromatic rings. The van der Waals surface area contributed by atoms with Gasteiger partial charge in [-0.3, -0.25) is 4.79 Å². The highest BCUT2D eigenvalue weighted by atomic mass is 16.3. The zero-order chi connectivity index (χ0) is 49.2. The van der Waals surface area contributed by atoms with Crippen LogP contribution >= 0.6 is 0 Å². The Hall–Kier alpha value is -0.870. The number of carbonyl (C=O) groups is 1. The average Bonchev–Trinajstić information content (AvgIpc) is 3.34. The van der Waals surface area contributed by atoms with Crippen molar-refractivity contribution >= 4 is 5.91 Å². The van der Waals surface area contributed by atoms with Crippen molar-refractivity contribution < 1.29 is 15.0 Å². The molecule has 0 heterocycles. The molecule has 0 aromatic heterocycles. The zero-order valence-corrected chi connectivity index (χ0v) is 46.9. The number of rotatable bonds is 60. The second kappa shape index (κ2) is 60.4. The minimum absolute atomic E-state index is 0.0545. The van der Waals surface area contributed by atoms with Crippen LogP contribution in [0.2, 0.25) is 0 Å². The molecule has 0 bridgehead atoms. The first-order chi connectivity index (χ1) is 33.7. The molecule has 3 N–H and O–H groups in total. The molecule has 0 fully saturated rings. The fraction of sp³-hybridized carbons (Fsp3) is 0.953. The first-order valence-corrected chi connectivity index (χ1v) is 31.9. The van der Waals surface area contributed by atoms with E-state index in [2.05, 4.69) is 19.2 Å². The topological polar surface area (TPSA) is 69.6 Å². The molecule has 68 heavy (non-hydrogen) atoms. The van der Waals surface area contributed by atoms with Crippen molar-refractivity contribution in [3.05, 3.63) is 12.2 Å². The van der Waals surface area contributed by atoms with E-state index in [4.69, 9.17) is 0 Å². The number of nitrogens with one attached hydrogen (secondary N) is 1. The maximum atomic E-state index is 12.5. The van der Waals surface area contributed by atoms with Gasteiger partial charge in [-0.25, -0.2) is 0 Å². The molecule has 0 radical (unpaired) electrons. The molecular weight excluding hydrogens is 831 g/mol. The lowest BCUT2D eigenvalue weighted by atomic mass is 10.0. The summed E-state index contributed by atoms with van der Waals surface area (Å²) in [6.45, 7) is 4.36. The third-order valence-corrected chi connectivity index (χ3v) is 15.3. The number of amides is 1. The number of allylic oxidation sites excluding steroid dienone is 1. The van der Waals surface area contributed by atoms with Crippen LogP contribution in [0.5, 0.6) is 0 Å². The predicted molar refractivity (Wildman–Crippen MR) is 304 cm³/mol. The Kier molecular flexibility index (Phi) is 59.7. The van der Waals surface area contributed by atoms with E-state index in [9.17, 15) is 15.0 Å². The van der Waals surface area contributed by atoms with Crippen LogP contribution in [0.25, 0.3) is 0 Å². The number of aliphatic hydroxyl groups excluding tert-OH is 2. The molecule has 0 rings (SSSR count). The molecule has 0 aromatic carbocycles. The largest absolute Gasteiger partial charge is 0.394 e. The fourth-order valence-corrected chi connectivity index (χ4v) is 10.4. The number of hydrogen-bond donors (Lipinski definition) is 3. The summed E-state index contributed by atoms with van der Waals surface area (Å²) < 4.78 is 0. The van der Waals surface area contributed by atoms with Gasteiger partial charge < -0.3 is 15.5 Å². The Morgan fingerprint density at radius 3 is 0.765 bits per heavy atom. The molecule has 406 valence electrons. The standard InChI is InChI=1S/C64H127NO3/c1-3-5-7-9-11-13-15-17-19-21-23-25-26-27-28-29-30-31-32-33-34-35-36-37-38-39-40-42-44-46-48-50-52-54-56-58-60-64(68)65-62(61-66)63(67)59-57-55-53-51-49-47-45-43-41-24-22-20-18-16-14-12-10-8-6-4-2/h57,59,62-63,66-67H,3-56,58,60-61H2,1-2H3,(H,65,68)/b59-57+. The van der Waals surface area contributed by atoms with Gasteiger partial charge in [0.2, 0.25) is 5.91 Å². The summed E-state index contributed by atoms with van der Waals surface area (Å²) in [4.78, 5) is 12.5. The van der Waals surface area contributed by atoms with Crippen LogP contribution in [0.15, 0.2) is 12.2 Å². The van der Waals surface area contributed by atoms with Crippen LogP contribution in [-0.2, 0) is 4.79 Å². The molecule has 4 nitrogen and oxygen atoms in total. The van der Waals surface area contributed by atoms with Gasteiger partial charge in [-0.1, -0.05) is 360 Å². The highest BCUT2D eigenvalue weighted by Crippen LogP contribution is 2.19. The number of unbranched alkanes of at least 4 members (excludes halogenated alkanes) is 53. The molecule has 0 aliphatic carbocycles. The number of aliphatic hydroxyl groups is 2. The minimum Gasteiger partial charge on any atom is -0.394 e. The van der Waals surface area contributed by atoms with Crippen LogP contribution in [0.1, 0.15) is 373 Å². The molecule has 1 amide bonds. The van der Waals surface area contributed by atoms with Gasteiger partial charge in [-0.15, -0.1) is 0 Å². The summed E-state index contributed by atoms with van der Waals surface area (Å²) in [5.41, 5.74) is 0. The Bertz CT molecular complexity index is 952. The molecular formula is C64H127NO3. The minimum atomic E-state index is -0.836. The lowest BCUT2D eigenvalue weighted by molar-refractivity contribution is -0.123. The van der Waals surface area contributed by atoms with Crippen LogP contribution in [0.4, 0.5) is 0 Å². The van der Waals surface area contributed by atoms with Crippen molar-refractivity contribution in [3.63, 3.8) is 0 Å². The predicted octanol–water partition coefficient (Wildman–Crippen LogP) is 21.3. The van der Waals surface area contributed by atoms with Gasteiger partial charge in [-0.2, -0.15) is 0 Å². The normalized spacial score (nSPS) is 12.7. The third-order valence-electron chi connectivity index (χ3n) is 15.3. The van der Waals surface area contributed by atoms with Crippen LogP contribution < -0.4 is 5.32 Å². The molecule has 0 saturated heterocycles. The van der Waals surface area contributed by atoms with E-state index < -0.39 is 12.1 Å². The Labute approximate surface area is 428 Å². The van der Waals surface area contributed by atoms with Crippen molar-refractivity contribution in [1.82, 2.24) is 5.32 Å². The van der Waals surface area contributed by atoms with E-state index in [0.29, 0.717) is 6.42 Å². The zero-order valence-electron chi connectivity index (χ0n) is 46.9. The molecule has 0 aliphatic rings. The Morgan fingerprint density at radius 1 is 0.338 bits per heavy atom. The summed E-state index contributed by atoms with van der Waals surface area (Å²) in [6.07, 6.45) is 79.9. The van der Waals surface area contributed by atoms with Crippen LogP contribution in [0.3, 0.4) is 0 Å². The van der Waals surface area contributed by atoms with Gasteiger partial charge in [0.05, 0.1) is 18.8 Å². The van der Waals surface area contributed by atoms with Crippen molar-refractivity contribution in [1.29, 1.82) is 0 Å². The number of carbonyl (C=O) groups excluding carboxylic acids is 1. The molecule has 4 heteroatoms. The SMILES string of the molecule is CCCCCCCCCCCCCCCCCCCC/C=C/C(O)C(CO)NC(=O)CCCCCCCCCCCCCCCCCCCCCCCCCCCCCCCCCCCCCC. The lowest BCUT2D eigenvalue weighted by Gasteiger charge is -2.20. The van der Waals surface area contributed by atoms with E-state index in [0.717, 1.165) is 25.7 Å². The summed E-state index contributed by atoms with van der Waals surface area (Å²) in [5, 5.41) is 23.2. The van der Waals surface area contributed by atoms with Gasteiger partial charge in [-0.05, 0) is 19.3 Å². The van der Waals surface area contributed by atoms with Crippen molar-refractivity contribution in [3.8, 4) is 0 Å². The van der Waals surface area contributed by atoms with E-state index >= 15 is 0 Å². The first-order valence-electron chi connectivity index (χ1n) is 31.9. The van der Waals surface area contributed by atoms with Crippen LogP contribution in [0, 0.1) is 0 Å². The highest BCUT2D eigenvalue weighted by Gasteiger charge is 2.18. The summed E-state index contributed by atoms with van der Waals surface area (Å²) in [5.74, 6) is -0.0545. The second-order valence-electron chi connectivity index (χ2n) is 22.2. The maximum absolute atomic E-state index is 12.5. The lowest BCUT2D eigenvalue weighted by Crippen LogP contribution is -2.45. The summed E-state index contributed by atoms with van der Waals surface area (Å²) in [6, 6.07) is -0.619. The average molecular weight is 959 g/mol. The van der Waals surface area contributed by atoms with Crippen molar-refractivity contribution in [2.75, 3.05) is 6.61 Å². The molecule has 2 unspecified atom stereocenters. The third kappa shape index (κ3) is 56.0. The Balaban J connectivity index is 3.38. The Morgan fingerprint density at radius 2 is 0.544 bits per heavy atom. The maximum Gasteiger partial charge on any atom is 0.220 e. The fourth-order valence-electron chi connectivity index (χ4n) is 10.4. The van der Waals surface area contributed by atoms with Crippen molar-refractivity contribution in [2.45, 2.75) is 386 Å². The van der Waals surface area contributed by atoms with E-state index in [1.807, 2.05) is 6.08 Å². The molecule has 0 spiro atoms. The van der Waals surface area contributed by atoms with E-state index in [1.165, 1.54) is 327 Å². The van der Waals surface area contributed by atoms with Gasteiger partial charge in [0, 0.05) is 6.42 Å². The van der Waals surface area contributed by atoms with Gasteiger partial charge in [0.15, 0.2) is 0 Å². The van der Waals surface area contributed by atoms with Gasteiger partial charge >= 0.3 is 0 Å². The first kappa shape index (κ1) is 67.1. The smallest absolute Gasteiger partial charge is 0.220 e. The van der Waals surface area contributed by atoms with E-state index in [1.54, 1.807) is 6.08 Å². The van der Waals surface area contributed by atoms with E-state index in [-0.39, 0.29) is 12.5 Å². The summed E-state index contributed by atoms with van der Waals surface area (Å²) >= 11 is 0. The van der Waals surface area contributed by atoms with Gasteiger partial charge in [0.25, 0.3) is 0 Å². The monoisotopic (exact) mass is 958 g/mol. The molecule has 0 saturated carbocycles. The quantitative estimate of drug-likeness (QED) is 0.0420. The van der Waals surface area contributed by atoms with Gasteiger partial charge in [0.1, 0.15) is 0 Å². The number of hydrogen-bond acceptors (Lipinski definition) is 3. The highest BCUT2D eigenvalue weighted by molar-refractivity contribution is 5.76. The van der Waals surface area contributed by atoms with Crippen molar-refractivity contribution in [2.24, 2.45) is 0 Å². The second-order valence-corrected chi connectivity index (χ2v) is 22.2.